The van der Waals surface area contributed by atoms with Crippen LogP contribution in [0.25, 0.3) is 0 Å². The van der Waals surface area contributed by atoms with Crippen LogP contribution in [0, 0.1) is 0 Å². The van der Waals surface area contributed by atoms with E-state index in [-0.39, 0.29) is 0 Å². The van der Waals surface area contributed by atoms with Crippen LogP contribution in [0.4, 0.5) is 4.79 Å². The molecule has 0 radical (unpaired) electrons. The van der Waals surface area contributed by atoms with Gasteiger partial charge in [0.25, 0.3) is 0 Å². The fourth-order valence-electron chi connectivity index (χ4n) is 2.37. The second kappa shape index (κ2) is 7.72. The number of nitrogens with one attached hydrogen (secondary N) is 1. The van der Waals surface area contributed by atoms with Crippen LogP contribution in [-0.2, 0) is 9.59 Å². The zero-order valence-electron chi connectivity index (χ0n) is 11.8. The fraction of sp³-hybridized carbons (Fsp3) is 0.769. The zero-order valence-corrected chi connectivity index (χ0v) is 11.8. The van der Waals surface area contributed by atoms with Crippen molar-refractivity contribution in [1.29, 1.82) is 0 Å². The maximum atomic E-state index is 12.1. The summed E-state index contributed by atoms with van der Waals surface area (Å²) in [5.41, 5.74) is 5.29. The first-order valence-electron chi connectivity index (χ1n) is 7.06. The van der Waals surface area contributed by atoms with Gasteiger partial charge in [0, 0.05) is 6.54 Å². The zero-order chi connectivity index (χ0) is 15.1. The highest BCUT2D eigenvalue weighted by atomic mass is 16.4. The van der Waals surface area contributed by atoms with Crippen LogP contribution in [-0.4, -0.2) is 46.5 Å². The summed E-state index contributed by atoms with van der Waals surface area (Å²) in [5.74, 6) is -1.60. The third-order valence-electron chi connectivity index (χ3n) is 3.53. The lowest BCUT2D eigenvalue weighted by atomic mass is 10.0. The van der Waals surface area contributed by atoms with Crippen LogP contribution < -0.4 is 11.1 Å². The van der Waals surface area contributed by atoms with Crippen molar-refractivity contribution in [1.82, 2.24) is 10.2 Å². The Bertz CT molecular complexity index is 373. The summed E-state index contributed by atoms with van der Waals surface area (Å²) in [7, 11) is 0. The van der Waals surface area contributed by atoms with E-state index < -0.39 is 30.0 Å². The average molecular weight is 285 g/mol. The molecule has 0 bridgehead atoms. The Morgan fingerprint density at radius 2 is 2.10 bits per heavy atom. The van der Waals surface area contributed by atoms with Crippen molar-refractivity contribution in [2.24, 2.45) is 5.73 Å². The highest BCUT2D eigenvalue weighted by Gasteiger charge is 2.32. The SMILES string of the molecule is CCCC[C@H](NC(=O)N1CCCCC1C(N)=O)C(=O)O. The number of carbonyl (C=O) groups excluding carboxylic acids is 2. The number of primary amides is 1. The number of likely N-dealkylation sites (tertiary alicyclic amines) is 1. The molecular formula is C13H23N3O4. The quantitative estimate of drug-likeness (QED) is 0.666. The number of rotatable bonds is 6. The van der Waals surface area contributed by atoms with E-state index in [2.05, 4.69) is 5.32 Å². The van der Waals surface area contributed by atoms with Crippen molar-refractivity contribution in [3.8, 4) is 0 Å². The van der Waals surface area contributed by atoms with E-state index >= 15 is 0 Å². The Balaban J connectivity index is 2.66. The first-order chi connectivity index (χ1) is 9.47. The Hall–Kier alpha value is -1.79. The van der Waals surface area contributed by atoms with Gasteiger partial charge in [-0.3, -0.25) is 4.79 Å². The molecule has 1 heterocycles. The lowest BCUT2D eigenvalue weighted by Gasteiger charge is -2.34. The standard InChI is InChI=1S/C13H23N3O4/c1-2-3-6-9(12(18)19)15-13(20)16-8-5-4-7-10(16)11(14)17/h9-10H,2-8H2,1H3,(H2,14,17)(H,15,20)(H,18,19)/t9-,10?/m0/s1. The number of hydrogen-bond acceptors (Lipinski definition) is 3. The highest BCUT2D eigenvalue weighted by molar-refractivity contribution is 5.88. The first-order valence-corrected chi connectivity index (χ1v) is 7.06. The molecule has 1 aliphatic heterocycles. The fourth-order valence-corrected chi connectivity index (χ4v) is 2.37. The van der Waals surface area contributed by atoms with Gasteiger partial charge in [0.05, 0.1) is 0 Å². The molecule has 0 aromatic heterocycles. The molecule has 7 nitrogen and oxygen atoms in total. The smallest absolute Gasteiger partial charge is 0.326 e. The molecule has 1 unspecified atom stereocenters. The van der Waals surface area contributed by atoms with Crippen molar-refractivity contribution in [3.63, 3.8) is 0 Å². The van der Waals surface area contributed by atoms with Crippen LogP contribution in [0.2, 0.25) is 0 Å². The largest absolute Gasteiger partial charge is 0.480 e. The highest BCUT2D eigenvalue weighted by Crippen LogP contribution is 2.17. The van der Waals surface area contributed by atoms with Gasteiger partial charge in [-0.25, -0.2) is 9.59 Å². The van der Waals surface area contributed by atoms with Crippen molar-refractivity contribution >= 4 is 17.9 Å². The summed E-state index contributed by atoms with van der Waals surface area (Å²) in [4.78, 5) is 35.9. The van der Waals surface area contributed by atoms with E-state index in [1.165, 1.54) is 4.90 Å². The van der Waals surface area contributed by atoms with E-state index in [0.29, 0.717) is 19.4 Å². The molecule has 1 saturated heterocycles. The molecule has 1 rings (SSSR count). The number of nitrogens with zero attached hydrogens (tertiary/aromatic N) is 1. The lowest BCUT2D eigenvalue weighted by Crippen LogP contribution is -2.56. The van der Waals surface area contributed by atoms with E-state index in [9.17, 15) is 14.4 Å². The normalized spacial score (nSPS) is 20.2. The molecule has 0 spiro atoms. The van der Waals surface area contributed by atoms with Gasteiger partial charge < -0.3 is 21.1 Å². The molecule has 3 amide bonds. The molecule has 20 heavy (non-hydrogen) atoms. The molecule has 0 aromatic rings. The number of piperidine rings is 1. The summed E-state index contributed by atoms with van der Waals surface area (Å²) in [6.45, 7) is 2.38. The van der Waals surface area contributed by atoms with Crippen molar-refractivity contribution in [3.05, 3.63) is 0 Å². The second-order valence-electron chi connectivity index (χ2n) is 5.09. The molecule has 0 saturated carbocycles. The van der Waals surface area contributed by atoms with Gasteiger partial charge in [-0.1, -0.05) is 19.8 Å². The number of hydrogen-bond donors (Lipinski definition) is 3. The molecule has 114 valence electrons. The molecule has 2 atom stereocenters. The van der Waals surface area contributed by atoms with Crippen molar-refractivity contribution in [2.45, 2.75) is 57.5 Å². The van der Waals surface area contributed by atoms with Crippen LogP contribution in [0.5, 0.6) is 0 Å². The molecule has 0 aromatic carbocycles. The Labute approximate surface area is 118 Å². The molecule has 7 heteroatoms. The Kier molecular flexibility index (Phi) is 6.27. The second-order valence-corrected chi connectivity index (χ2v) is 5.09. The van der Waals surface area contributed by atoms with Crippen LogP contribution in [0.15, 0.2) is 0 Å². The summed E-state index contributed by atoms with van der Waals surface area (Å²) in [6.07, 6.45) is 4.13. The minimum absolute atomic E-state index is 0.382. The number of nitrogens with two attached hydrogens (primary N) is 1. The summed E-state index contributed by atoms with van der Waals surface area (Å²) in [6, 6.07) is -2.07. The average Bonchev–Trinajstić information content (AvgIpc) is 2.42. The molecule has 1 fully saturated rings. The Morgan fingerprint density at radius 3 is 2.65 bits per heavy atom. The summed E-state index contributed by atoms with van der Waals surface area (Å²) in [5, 5.41) is 11.6. The number of unbranched alkanes of at least 4 members (excludes halogenated alkanes) is 1. The van der Waals surface area contributed by atoms with Gasteiger partial charge in [0.2, 0.25) is 5.91 Å². The van der Waals surface area contributed by atoms with E-state index in [4.69, 9.17) is 10.8 Å². The maximum Gasteiger partial charge on any atom is 0.326 e. The topological polar surface area (TPSA) is 113 Å². The van der Waals surface area contributed by atoms with Crippen LogP contribution in [0.1, 0.15) is 45.4 Å². The predicted molar refractivity (Wildman–Crippen MR) is 73.0 cm³/mol. The molecule has 0 aliphatic carbocycles. The van der Waals surface area contributed by atoms with E-state index in [0.717, 1.165) is 25.7 Å². The van der Waals surface area contributed by atoms with Crippen molar-refractivity contribution < 1.29 is 19.5 Å². The minimum atomic E-state index is -1.06. The van der Waals surface area contributed by atoms with E-state index in [1.54, 1.807) is 0 Å². The number of carbonyl (C=O) groups is 3. The molecule has 1 aliphatic rings. The number of aliphatic carboxylic acids is 1. The number of urea groups is 1. The van der Waals surface area contributed by atoms with Gasteiger partial charge in [0.15, 0.2) is 0 Å². The van der Waals surface area contributed by atoms with Crippen LogP contribution in [0.3, 0.4) is 0 Å². The number of carboxylic acids is 1. The first kappa shape index (κ1) is 16.3. The summed E-state index contributed by atoms with van der Waals surface area (Å²) >= 11 is 0. The van der Waals surface area contributed by atoms with Gasteiger partial charge in [-0.05, 0) is 25.7 Å². The summed E-state index contributed by atoms with van der Waals surface area (Å²) < 4.78 is 0. The van der Waals surface area contributed by atoms with Gasteiger partial charge >= 0.3 is 12.0 Å². The van der Waals surface area contributed by atoms with E-state index in [1.807, 2.05) is 6.92 Å². The van der Waals surface area contributed by atoms with Gasteiger partial charge in [0.1, 0.15) is 12.1 Å². The van der Waals surface area contributed by atoms with Gasteiger partial charge in [-0.2, -0.15) is 0 Å². The predicted octanol–water partition coefficient (Wildman–Crippen LogP) is 0.679. The molecule has 4 N–H and O–H groups in total. The number of amides is 3. The van der Waals surface area contributed by atoms with Gasteiger partial charge in [-0.15, -0.1) is 0 Å². The number of carboxylic acid groups (broad SMARTS) is 1. The maximum absolute atomic E-state index is 12.1. The van der Waals surface area contributed by atoms with Crippen LogP contribution >= 0.6 is 0 Å². The minimum Gasteiger partial charge on any atom is -0.480 e. The monoisotopic (exact) mass is 285 g/mol. The third-order valence-corrected chi connectivity index (χ3v) is 3.53. The Morgan fingerprint density at radius 1 is 1.40 bits per heavy atom. The third kappa shape index (κ3) is 4.40. The van der Waals surface area contributed by atoms with Crippen molar-refractivity contribution in [2.75, 3.05) is 6.54 Å². The molecular weight excluding hydrogens is 262 g/mol. The lowest BCUT2D eigenvalue weighted by molar-refractivity contribution is -0.139.